The van der Waals surface area contributed by atoms with Crippen molar-refractivity contribution in [1.29, 1.82) is 0 Å². The Morgan fingerprint density at radius 1 is 1.04 bits per heavy atom. The van der Waals surface area contributed by atoms with E-state index in [9.17, 15) is 26.4 Å². The number of hydrogen-bond acceptors (Lipinski definition) is 4. The number of anilines is 1. The van der Waals surface area contributed by atoms with Crippen molar-refractivity contribution < 1.29 is 26.4 Å². The van der Waals surface area contributed by atoms with Crippen molar-refractivity contribution >= 4 is 21.5 Å². The number of nitrogens with zero attached hydrogens (tertiary/aromatic N) is 1. The summed E-state index contributed by atoms with van der Waals surface area (Å²) in [5.41, 5.74) is -0.349. The summed E-state index contributed by atoms with van der Waals surface area (Å²) in [5.74, 6) is -0.359. The Hall–Kier alpha value is -2.39. The highest BCUT2D eigenvalue weighted by Gasteiger charge is 2.30. The number of nitrogens with one attached hydrogen (secondary N) is 1. The van der Waals surface area contributed by atoms with Gasteiger partial charge in [-0.05, 0) is 55.3 Å². The van der Waals surface area contributed by atoms with Gasteiger partial charge in [-0.15, -0.1) is 0 Å². The Bertz CT molecular complexity index is 951. The number of hydrogen-bond donors (Lipinski definition) is 1. The van der Waals surface area contributed by atoms with E-state index in [-0.39, 0.29) is 28.5 Å². The zero-order chi connectivity index (χ0) is 20.4. The van der Waals surface area contributed by atoms with Gasteiger partial charge in [-0.25, -0.2) is 8.42 Å². The molecule has 1 N–H and O–H groups in total. The molecule has 1 fully saturated rings. The molecule has 1 aliphatic rings. The standard InChI is InChI=1S/C19H19F3N2O3S/c20-19(21,22)15-4-3-5-16(12-15)23-13-18(25)14-6-8-17(9-7-14)28(26,27)24-10-1-2-11-24/h3-9,12,23H,1-2,10-11,13H2. The number of Topliss-reactive ketones (excluding diaryl/α,β-unsaturated/α-hetero) is 1. The maximum Gasteiger partial charge on any atom is 0.416 e. The minimum Gasteiger partial charge on any atom is -0.378 e. The van der Waals surface area contributed by atoms with Gasteiger partial charge in [-0.2, -0.15) is 17.5 Å². The van der Waals surface area contributed by atoms with E-state index in [0.717, 1.165) is 25.0 Å². The summed E-state index contributed by atoms with van der Waals surface area (Å²) in [5, 5.41) is 2.67. The maximum absolute atomic E-state index is 12.7. The number of rotatable bonds is 6. The predicted molar refractivity (Wildman–Crippen MR) is 98.7 cm³/mol. The van der Waals surface area contributed by atoms with Crippen LogP contribution in [0, 0.1) is 0 Å². The highest BCUT2D eigenvalue weighted by atomic mass is 32.2. The van der Waals surface area contributed by atoms with Crippen LogP contribution in [0.3, 0.4) is 0 Å². The van der Waals surface area contributed by atoms with E-state index >= 15 is 0 Å². The average molecular weight is 412 g/mol. The number of halogens is 3. The van der Waals surface area contributed by atoms with Crippen molar-refractivity contribution in [2.75, 3.05) is 25.0 Å². The third kappa shape index (κ3) is 4.53. The van der Waals surface area contributed by atoms with Crippen LogP contribution in [0.25, 0.3) is 0 Å². The van der Waals surface area contributed by atoms with Crippen LogP contribution < -0.4 is 5.32 Å². The van der Waals surface area contributed by atoms with Crippen LogP contribution in [0.5, 0.6) is 0 Å². The SMILES string of the molecule is O=C(CNc1cccc(C(F)(F)F)c1)c1ccc(S(=O)(=O)N2CCCC2)cc1. The van der Waals surface area contributed by atoms with Crippen molar-refractivity contribution in [2.45, 2.75) is 23.9 Å². The third-order valence-electron chi connectivity index (χ3n) is 4.52. The first-order chi connectivity index (χ1) is 13.2. The van der Waals surface area contributed by atoms with Crippen LogP contribution >= 0.6 is 0 Å². The molecule has 5 nitrogen and oxygen atoms in total. The topological polar surface area (TPSA) is 66.5 Å². The number of alkyl halides is 3. The van der Waals surface area contributed by atoms with E-state index in [2.05, 4.69) is 5.32 Å². The molecule has 0 unspecified atom stereocenters. The van der Waals surface area contributed by atoms with Crippen molar-refractivity contribution in [3.8, 4) is 0 Å². The molecule has 0 aliphatic carbocycles. The monoisotopic (exact) mass is 412 g/mol. The molecule has 2 aromatic carbocycles. The summed E-state index contributed by atoms with van der Waals surface area (Å²) in [6.45, 7) is 0.771. The van der Waals surface area contributed by atoms with Gasteiger partial charge in [0.15, 0.2) is 5.78 Å². The molecular formula is C19H19F3N2O3S. The molecule has 0 aromatic heterocycles. The van der Waals surface area contributed by atoms with Gasteiger partial charge in [0.25, 0.3) is 0 Å². The first kappa shape index (κ1) is 20.3. The second kappa shape index (κ2) is 7.92. The summed E-state index contributed by atoms with van der Waals surface area (Å²) in [7, 11) is -3.56. The molecule has 3 rings (SSSR count). The number of ketones is 1. The summed E-state index contributed by atoms with van der Waals surface area (Å²) in [6.07, 6.45) is -2.80. The molecular weight excluding hydrogens is 393 g/mol. The lowest BCUT2D eigenvalue weighted by Crippen LogP contribution is -2.27. The molecule has 1 saturated heterocycles. The Morgan fingerprint density at radius 3 is 2.29 bits per heavy atom. The van der Waals surface area contributed by atoms with Crippen molar-refractivity contribution in [2.24, 2.45) is 0 Å². The Labute approximate surface area is 161 Å². The summed E-state index contributed by atoms with van der Waals surface area (Å²) < 4.78 is 64.6. The lowest BCUT2D eigenvalue weighted by molar-refractivity contribution is -0.137. The largest absolute Gasteiger partial charge is 0.416 e. The molecule has 0 bridgehead atoms. The van der Waals surface area contributed by atoms with Crippen molar-refractivity contribution in [1.82, 2.24) is 4.31 Å². The average Bonchev–Trinajstić information content (AvgIpc) is 3.21. The van der Waals surface area contributed by atoms with Crippen LogP contribution in [-0.4, -0.2) is 38.1 Å². The third-order valence-corrected chi connectivity index (χ3v) is 6.43. The van der Waals surface area contributed by atoms with Crippen LogP contribution in [-0.2, 0) is 16.2 Å². The minimum absolute atomic E-state index is 0.122. The molecule has 150 valence electrons. The second-order valence-electron chi connectivity index (χ2n) is 6.49. The van der Waals surface area contributed by atoms with Gasteiger partial charge in [-0.3, -0.25) is 4.79 Å². The molecule has 1 aliphatic heterocycles. The van der Waals surface area contributed by atoms with Gasteiger partial charge < -0.3 is 5.32 Å². The van der Waals surface area contributed by atoms with Gasteiger partial charge in [0.05, 0.1) is 17.0 Å². The van der Waals surface area contributed by atoms with Gasteiger partial charge in [0, 0.05) is 24.3 Å². The molecule has 2 aromatic rings. The van der Waals surface area contributed by atoms with Crippen molar-refractivity contribution in [3.63, 3.8) is 0 Å². The zero-order valence-electron chi connectivity index (χ0n) is 14.9. The lowest BCUT2D eigenvalue weighted by Gasteiger charge is -2.15. The molecule has 1 heterocycles. The van der Waals surface area contributed by atoms with E-state index < -0.39 is 21.8 Å². The predicted octanol–water partition coefficient (Wildman–Crippen LogP) is 3.78. The zero-order valence-corrected chi connectivity index (χ0v) is 15.7. The van der Waals surface area contributed by atoms with Crippen LogP contribution in [0.15, 0.2) is 53.4 Å². The fourth-order valence-electron chi connectivity index (χ4n) is 2.98. The molecule has 0 saturated carbocycles. The van der Waals surface area contributed by atoms with Gasteiger partial charge >= 0.3 is 6.18 Å². The summed E-state index contributed by atoms with van der Waals surface area (Å²) >= 11 is 0. The van der Waals surface area contributed by atoms with E-state index in [1.165, 1.54) is 40.7 Å². The fraction of sp³-hybridized carbons (Fsp3) is 0.316. The van der Waals surface area contributed by atoms with E-state index in [1.54, 1.807) is 0 Å². The minimum atomic E-state index is -4.46. The normalized spacial score (nSPS) is 15.5. The molecule has 0 amide bonds. The van der Waals surface area contributed by atoms with Gasteiger partial charge in [0.1, 0.15) is 0 Å². The first-order valence-corrected chi connectivity index (χ1v) is 10.2. The number of sulfonamides is 1. The molecule has 0 atom stereocenters. The van der Waals surface area contributed by atoms with Crippen LogP contribution in [0.4, 0.5) is 18.9 Å². The fourth-order valence-corrected chi connectivity index (χ4v) is 4.50. The summed E-state index contributed by atoms with van der Waals surface area (Å²) in [4.78, 5) is 12.4. The second-order valence-corrected chi connectivity index (χ2v) is 8.43. The summed E-state index contributed by atoms with van der Waals surface area (Å²) in [6, 6.07) is 10.2. The van der Waals surface area contributed by atoms with Gasteiger partial charge in [0.2, 0.25) is 10.0 Å². The highest BCUT2D eigenvalue weighted by molar-refractivity contribution is 7.89. The molecule has 0 spiro atoms. The molecule has 28 heavy (non-hydrogen) atoms. The Morgan fingerprint density at radius 2 is 1.68 bits per heavy atom. The van der Waals surface area contributed by atoms with Gasteiger partial charge in [-0.1, -0.05) is 6.07 Å². The van der Waals surface area contributed by atoms with Crippen LogP contribution in [0.1, 0.15) is 28.8 Å². The smallest absolute Gasteiger partial charge is 0.378 e. The highest BCUT2D eigenvalue weighted by Crippen LogP contribution is 2.30. The number of carbonyl (C=O) groups is 1. The number of benzene rings is 2. The molecule has 9 heteroatoms. The van der Waals surface area contributed by atoms with E-state index in [1.807, 2.05) is 0 Å². The Balaban J connectivity index is 1.65. The quantitative estimate of drug-likeness (QED) is 0.734. The first-order valence-electron chi connectivity index (χ1n) is 8.72. The molecule has 0 radical (unpaired) electrons. The number of carbonyl (C=O) groups excluding carboxylic acids is 1. The van der Waals surface area contributed by atoms with Crippen molar-refractivity contribution in [3.05, 3.63) is 59.7 Å². The van der Waals surface area contributed by atoms with Crippen LogP contribution in [0.2, 0.25) is 0 Å². The maximum atomic E-state index is 12.7. The lowest BCUT2D eigenvalue weighted by atomic mass is 10.1. The van der Waals surface area contributed by atoms with E-state index in [0.29, 0.717) is 13.1 Å². The van der Waals surface area contributed by atoms with E-state index in [4.69, 9.17) is 0 Å². The Kier molecular flexibility index (Phi) is 5.76.